The molecule has 0 radical (unpaired) electrons. The van der Waals surface area contributed by atoms with Gasteiger partial charge in [-0.2, -0.15) is 0 Å². The Hall–Kier alpha value is -1.81. The van der Waals surface area contributed by atoms with E-state index in [2.05, 4.69) is 28.7 Å². The number of rotatable bonds is 4. The van der Waals surface area contributed by atoms with Gasteiger partial charge in [0.1, 0.15) is 15.7 Å². The summed E-state index contributed by atoms with van der Waals surface area (Å²) in [6.45, 7) is 8.15. The lowest BCUT2D eigenvalue weighted by Crippen LogP contribution is -2.36. The summed E-state index contributed by atoms with van der Waals surface area (Å²) in [4.78, 5) is 32.7. The van der Waals surface area contributed by atoms with Crippen molar-refractivity contribution in [2.75, 3.05) is 26.3 Å². The van der Waals surface area contributed by atoms with Crippen molar-refractivity contribution < 1.29 is 4.74 Å². The van der Waals surface area contributed by atoms with E-state index < -0.39 is 0 Å². The summed E-state index contributed by atoms with van der Waals surface area (Å²) >= 11 is 3.06. The van der Waals surface area contributed by atoms with Crippen LogP contribution in [0.4, 0.5) is 0 Å². The zero-order chi connectivity index (χ0) is 18.1. The van der Waals surface area contributed by atoms with E-state index >= 15 is 0 Å². The number of H-pyrrole nitrogens is 1. The third-order valence-corrected chi connectivity index (χ3v) is 6.34. The summed E-state index contributed by atoms with van der Waals surface area (Å²) in [5.74, 6) is 0.793. The average molecular weight is 390 g/mol. The van der Waals surface area contributed by atoms with E-state index in [1.807, 2.05) is 0 Å². The van der Waals surface area contributed by atoms with E-state index in [4.69, 9.17) is 14.7 Å². The van der Waals surface area contributed by atoms with Crippen LogP contribution in [-0.4, -0.2) is 51.1 Å². The predicted molar refractivity (Wildman–Crippen MR) is 102 cm³/mol. The Morgan fingerprint density at radius 1 is 1.31 bits per heavy atom. The molecule has 0 amide bonds. The minimum absolute atomic E-state index is 0.167. The van der Waals surface area contributed by atoms with Crippen LogP contribution >= 0.6 is 23.1 Å². The van der Waals surface area contributed by atoms with Gasteiger partial charge in [0.25, 0.3) is 5.56 Å². The van der Waals surface area contributed by atoms with Crippen LogP contribution in [-0.2, 0) is 11.3 Å². The van der Waals surface area contributed by atoms with Gasteiger partial charge in [-0.3, -0.25) is 9.69 Å². The monoisotopic (exact) mass is 389 g/mol. The molecule has 0 unspecified atom stereocenters. The Balaban J connectivity index is 1.74. The number of aromatic amines is 1. The van der Waals surface area contributed by atoms with Crippen molar-refractivity contribution >= 4 is 33.3 Å². The number of hydrogen-bond donors (Lipinski definition) is 1. The van der Waals surface area contributed by atoms with Gasteiger partial charge in [-0.05, 0) is 31.2 Å². The summed E-state index contributed by atoms with van der Waals surface area (Å²) in [7, 11) is 0. The Bertz CT molecular complexity index is 994. The van der Waals surface area contributed by atoms with Gasteiger partial charge in [0.2, 0.25) is 0 Å². The molecular weight excluding hydrogens is 370 g/mol. The third-order valence-electron chi connectivity index (χ3n) is 4.35. The van der Waals surface area contributed by atoms with Gasteiger partial charge in [-0.15, -0.1) is 11.3 Å². The summed E-state index contributed by atoms with van der Waals surface area (Å²) in [6, 6.07) is 1.41. The standard InChI is InChI=1S/C17H19N5O2S2/c1-10-11(2)25-15-14(10)16(26-17-18-4-3-13(23)21-17)20-12(19-15)9-22-5-7-24-8-6-22/h3-4H,5-9H2,1-2H3,(H,18,21,23). The smallest absolute Gasteiger partial charge is 0.251 e. The second kappa shape index (κ2) is 7.43. The molecule has 7 nitrogen and oxygen atoms in total. The first-order valence-corrected chi connectivity index (χ1v) is 10.0. The van der Waals surface area contributed by atoms with Crippen LogP contribution in [0.15, 0.2) is 27.2 Å². The molecular formula is C17H19N5O2S2. The number of hydrogen-bond acceptors (Lipinski definition) is 8. The molecule has 26 heavy (non-hydrogen) atoms. The largest absolute Gasteiger partial charge is 0.379 e. The van der Waals surface area contributed by atoms with Crippen molar-refractivity contribution in [1.82, 2.24) is 24.8 Å². The fourth-order valence-corrected chi connectivity index (χ4v) is 4.92. The SMILES string of the molecule is Cc1sc2nc(CN3CCOCC3)nc(Sc3nccc(=O)[nH]3)c2c1C. The molecule has 136 valence electrons. The molecule has 1 N–H and O–H groups in total. The van der Waals surface area contributed by atoms with E-state index in [0.29, 0.717) is 11.7 Å². The van der Waals surface area contributed by atoms with Crippen LogP contribution in [0.1, 0.15) is 16.3 Å². The van der Waals surface area contributed by atoms with Crippen LogP contribution in [0.5, 0.6) is 0 Å². The fraction of sp³-hybridized carbons (Fsp3) is 0.412. The number of morpholine rings is 1. The molecule has 1 saturated heterocycles. The van der Waals surface area contributed by atoms with Crippen molar-refractivity contribution in [3.05, 3.63) is 38.9 Å². The zero-order valence-corrected chi connectivity index (χ0v) is 16.2. The van der Waals surface area contributed by atoms with Gasteiger partial charge < -0.3 is 9.72 Å². The summed E-state index contributed by atoms with van der Waals surface area (Å²) < 4.78 is 5.41. The van der Waals surface area contributed by atoms with Gasteiger partial charge >= 0.3 is 0 Å². The molecule has 0 aliphatic carbocycles. The van der Waals surface area contributed by atoms with E-state index in [1.54, 1.807) is 11.3 Å². The summed E-state index contributed by atoms with van der Waals surface area (Å²) in [6.07, 6.45) is 1.51. The van der Waals surface area contributed by atoms with Crippen molar-refractivity contribution in [2.45, 2.75) is 30.6 Å². The molecule has 4 rings (SSSR count). The molecule has 9 heteroatoms. The van der Waals surface area contributed by atoms with E-state index in [1.165, 1.54) is 34.5 Å². The summed E-state index contributed by atoms with van der Waals surface area (Å²) in [5, 5.41) is 2.43. The lowest BCUT2D eigenvalue weighted by atomic mass is 10.2. The molecule has 0 aromatic carbocycles. The first kappa shape index (κ1) is 17.6. The lowest BCUT2D eigenvalue weighted by molar-refractivity contribution is 0.0330. The molecule has 1 aliphatic heterocycles. The number of aromatic nitrogens is 4. The van der Waals surface area contributed by atoms with E-state index in [0.717, 1.165) is 47.4 Å². The second-order valence-electron chi connectivity index (χ2n) is 6.14. The van der Waals surface area contributed by atoms with Crippen molar-refractivity contribution in [2.24, 2.45) is 0 Å². The highest BCUT2D eigenvalue weighted by molar-refractivity contribution is 7.99. The first-order chi connectivity index (χ1) is 12.6. The highest BCUT2D eigenvalue weighted by atomic mass is 32.2. The van der Waals surface area contributed by atoms with Crippen LogP contribution in [0, 0.1) is 13.8 Å². The van der Waals surface area contributed by atoms with Crippen molar-refractivity contribution in [3.8, 4) is 0 Å². The van der Waals surface area contributed by atoms with Gasteiger partial charge in [-0.25, -0.2) is 15.0 Å². The Morgan fingerprint density at radius 2 is 2.12 bits per heavy atom. The lowest BCUT2D eigenvalue weighted by Gasteiger charge is -2.25. The average Bonchev–Trinajstić information content (AvgIpc) is 2.90. The quantitative estimate of drug-likeness (QED) is 0.542. The topological polar surface area (TPSA) is 84.0 Å². The maximum absolute atomic E-state index is 11.6. The maximum atomic E-state index is 11.6. The van der Waals surface area contributed by atoms with Gasteiger partial charge in [0.15, 0.2) is 5.16 Å². The molecule has 0 saturated carbocycles. The van der Waals surface area contributed by atoms with E-state index in [-0.39, 0.29) is 5.56 Å². The predicted octanol–water partition coefficient (Wildman–Crippen LogP) is 2.37. The molecule has 1 fully saturated rings. The molecule has 0 spiro atoms. The van der Waals surface area contributed by atoms with Crippen LogP contribution < -0.4 is 5.56 Å². The molecule has 3 aromatic rings. The normalized spacial score (nSPS) is 15.6. The molecule has 1 aliphatic rings. The number of aryl methyl sites for hydroxylation is 2. The number of ether oxygens (including phenoxy) is 1. The number of fused-ring (bicyclic) bond motifs is 1. The zero-order valence-electron chi connectivity index (χ0n) is 14.6. The number of nitrogens with zero attached hydrogens (tertiary/aromatic N) is 4. The van der Waals surface area contributed by atoms with Crippen LogP contribution in [0.3, 0.4) is 0 Å². The molecule has 3 aromatic heterocycles. The minimum Gasteiger partial charge on any atom is -0.379 e. The third kappa shape index (κ3) is 3.66. The van der Waals surface area contributed by atoms with Crippen LogP contribution in [0.2, 0.25) is 0 Å². The van der Waals surface area contributed by atoms with Crippen molar-refractivity contribution in [1.29, 1.82) is 0 Å². The molecule has 4 heterocycles. The van der Waals surface area contributed by atoms with Gasteiger partial charge in [-0.1, -0.05) is 0 Å². The van der Waals surface area contributed by atoms with Gasteiger partial charge in [0, 0.05) is 35.6 Å². The fourth-order valence-electron chi connectivity index (χ4n) is 2.85. The van der Waals surface area contributed by atoms with Gasteiger partial charge in [0.05, 0.1) is 19.8 Å². The second-order valence-corrected chi connectivity index (χ2v) is 8.32. The minimum atomic E-state index is -0.167. The number of nitrogens with one attached hydrogen (secondary N) is 1. The summed E-state index contributed by atoms with van der Waals surface area (Å²) in [5.41, 5.74) is 1.02. The Kier molecular flexibility index (Phi) is 5.03. The van der Waals surface area contributed by atoms with Crippen molar-refractivity contribution in [3.63, 3.8) is 0 Å². The Labute approximate surface area is 158 Å². The highest BCUT2D eigenvalue weighted by Gasteiger charge is 2.18. The van der Waals surface area contributed by atoms with E-state index in [9.17, 15) is 4.79 Å². The molecule has 0 bridgehead atoms. The Morgan fingerprint density at radius 3 is 2.88 bits per heavy atom. The number of thiophene rings is 1. The highest BCUT2D eigenvalue weighted by Crippen LogP contribution is 2.36. The van der Waals surface area contributed by atoms with Crippen LogP contribution in [0.25, 0.3) is 10.2 Å². The molecule has 0 atom stereocenters. The maximum Gasteiger partial charge on any atom is 0.251 e. The first-order valence-electron chi connectivity index (χ1n) is 8.40.